The summed E-state index contributed by atoms with van der Waals surface area (Å²) < 4.78 is 26.9. The normalized spacial score (nSPS) is 12.7. The van der Waals surface area contributed by atoms with Crippen molar-refractivity contribution in [1.82, 2.24) is 5.32 Å². The summed E-state index contributed by atoms with van der Waals surface area (Å²) in [5.74, 6) is -1.33. The van der Waals surface area contributed by atoms with Gasteiger partial charge in [-0.25, -0.2) is 8.78 Å². The highest BCUT2D eigenvalue weighted by molar-refractivity contribution is 5.87. The van der Waals surface area contributed by atoms with Gasteiger partial charge in [0.2, 0.25) is 5.91 Å². The van der Waals surface area contributed by atoms with Crippen LogP contribution in [0.2, 0.25) is 0 Å². The molecular formula is C18H19F2NO2. The standard InChI is InChI=1S/C18H19F2NO2/c1-18(2,12-6-5-7-13(19)10-12)17(23)21-11-16(22)14-8-3-4-9-15(14)20/h3-10,16,22H,11H2,1-2H3,(H,21,23)/t16-/m1/s1. The van der Waals surface area contributed by atoms with Crippen molar-refractivity contribution in [1.29, 1.82) is 0 Å². The second kappa shape index (κ2) is 6.87. The lowest BCUT2D eigenvalue weighted by Crippen LogP contribution is -2.41. The maximum absolute atomic E-state index is 13.6. The maximum atomic E-state index is 13.6. The van der Waals surface area contributed by atoms with Gasteiger partial charge in [0, 0.05) is 12.1 Å². The highest BCUT2D eigenvalue weighted by Crippen LogP contribution is 2.24. The van der Waals surface area contributed by atoms with Crippen molar-refractivity contribution in [2.24, 2.45) is 0 Å². The lowest BCUT2D eigenvalue weighted by Gasteiger charge is -2.25. The molecule has 0 saturated heterocycles. The van der Waals surface area contributed by atoms with Gasteiger partial charge >= 0.3 is 0 Å². The van der Waals surface area contributed by atoms with E-state index in [1.807, 2.05) is 0 Å². The number of aliphatic hydroxyl groups excluding tert-OH is 1. The predicted molar refractivity (Wildman–Crippen MR) is 83.8 cm³/mol. The van der Waals surface area contributed by atoms with E-state index in [1.165, 1.54) is 36.4 Å². The molecule has 2 aromatic carbocycles. The molecule has 0 saturated carbocycles. The Bertz CT molecular complexity index is 701. The molecule has 2 aromatic rings. The minimum Gasteiger partial charge on any atom is -0.386 e. The lowest BCUT2D eigenvalue weighted by molar-refractivity contribution is -0.126. The summed E-state index contributed by atoms with van der Waals surface area (Å²) in [5.41, 5.74) is -0.330. The van der Waals surface area contributed by atoms with Crippen molar-refractivity contribution in [2.45, 2.75) is 25.4 Å². The molecule has 0 unspecified atom stereocenters. The van der Waals surface area contributed by atoms with Gasteiger partial charge in [-0.15, -0.1) is 0 Å². The Labute approximate surface area is 134 Å². The molecule has 0 aromatic heterocycles. The SMILES string of the molecule is CC(C)(C(=O)NC[C@@H](O)c1ccccc1F)c1cccc(F)c1. The van der Waals surface area contributed by atoms with E-state index < -0.39 is 23.2 Å². The highest BCUT2D eigenvalue weighted by Gasteiger charge is 2.30. The van der Waals surface area contributed by atoms with Crippen LogP contribution in [0.25, 0.3) is 0 Å². The third-order valence-corrected chi connectivity index (χ3v) is 3.83. The number of hydrogen-bond acceptors (Lipinski definition) is 2. The topological polar surface area (TPSA) is 49.3 Å². The van der Waals surface area contributed by atoms with E-state index in [0.29, 0.717) is 5.56 Å². The number of amides is 1. The summed E-state index contributed by atoms with van der Waals surface area (Å²) >= 11 is 0. The van der Waals surface area contributed by atoms with Crippen LogP contribution in [0.4, 0.5) is 8.78 Å². The van der Waals surface area contributed by atoms with Crippen LogP contribution in [0.5, 0.6) is 0 Å². The number of benzene rings is 2. The molecule has 0 fully saturated rings. The third-order valence-electron chi connectivity index (χ3n) is 3.83. The first-order valence-corrected chi connectivity index (χ1v) is 7.29. The zero-order valence-corrected chi connectivity index (χ0v) is 13.0. The first kappa shape index (κ1) is 17.1. The van der Waals surface area contributed by atoms with Crippen LogP contribution in [-0.2, 0) is 10.2 Å². The van der Waals surface area contributed by atoms with Crippen molar-refractivity contribution in [3.63, 3.8) is 0 Å². The second-order valence-electron chi connectivity index (χ2n) is 5.88. The maximum Gasteiger partial charge on any atom is 0.230 e. The van der Waals surface area contributed by atoms with Gasteiger partial charge in [-0.3, -0.25) is 4.79 Å². The van der Waals surface area contributed by atoms with E-state index in [-0.39, 0.29) is 18.0 Å². The van der Waals surface area contributed by atoms with Crippen molar-refractivity contribution in [3.05, 3.63) is 71.3 Å². The molecule has 5 heteroatoms. The average Bonchev–Trinajstić information content (AvgIpc) is 2.52. The Morgan fingerprint density at radius 2 is 1.87 bits per heavy atom. The van der Waals surface area contributed by atoms with Gasteiger partial charge in [0.25, 0.3) is 0 Å². The number of nitrogens with one attached hydrogen (secondary N) is 1. The molecular weight excluding hydrogens is 300 g/mol. The minimum atomic E-state index is -1.15. The molecule has 1 atom stereocenters. The lowest BCUT2D eigenvalue weighted by atomic mass is 9.83. The van der Waals surface area contributed by atoms with Crippen molar-refractivity contribution in [2.75, 3.05) is 6.54 Å². The van der Waals surface area contributed by atoms with Gasteiger partial charge in [0.05, 0.1) is 11.5 Å². The van der Waals surface area contributed by atoms with Crippen molar-refractivity contribution in [3.8, 4) is 0 Å². The van der Waals surface area contributed by atoms with E-state index in [9.17, 15) is 18.7 Å². The van der Waals surface area contributed by atoms with E-state index in [1.54, 1.807) is 26.0 Å². The first-order valence-electron chi connectivity index (χ1n) is 7.29. The molecule has 122 valence electrons. The number of carbonyl (C=O) groups is 1. The fraction of sp³-hybridized carbons (Fsp3) is 0.278. The predicted octanol–water partition coefficient (Wildman–Crippen LogP) is 3.09. The summed E-state index contributed by atoms with van der Waals surface area (Å²) in [7, 11) is 0. The number of carbonyl (C=O) groups excluding carboxylic acids is 1. The third kappa shape index (κ3) is 3.93. The first-order chi connectivity index (χ1) is 10.8. The van der Waals surface area contributed by atoms with Crippen LogP contribution in [0, 0.1) is 11.6 Å². The molecule has 0 aliphatic rings. The van der Waals surface area contributed by atoms with Crippen molar-refractivity contribution >= 4 is 5.91 Å². The summed E-state index contributed by atoms with van der Waals surface area (Å²) in [4.78, 5) is 12.4. The summed E-state index contributed by atoms with van der Waals surface area (Å²) in [6, 6.07) is 11.6. The van der Waals surface area contributed by atoms with Crippen LogP contribution < -0.4 is 5.32 Å². The monoisotopic (exact) mass is 319 g/mol. The van der Waals surface area contributed by atoms with E-state index >= 15 is 0 Å². The van der Waals surface area contributed by atoms with E-state index in [0.717, 1.165) is 0 Å². The van der Waals surface area contributed by atoms with Crippen LogP contribution in [0.15, 0.2) is 48.5 Å². The largest absolute Gasteiger partial charge is 0.386 e. The molecule has 0 aliphatic heterocycles. The molecule has 0 radical (unpaired) electrons. The van der Waals surface area contributed by atoms with Gasteiger partial charge in [-0.05, 0) is 37.6 Å². The smallest absolute Gasteiger partial charge is 0.230 e. The molecule has 2 N–H and O–H groups in total. The minimum absolute atomic E-state index is 0.122. The van der Waals surface area contributed by atoms with Gasteiger partial charge in [-0.2, -0.15) is 0 Å². The molecule has 2 rings (SSSR count). The molecule has 0 aliphatic carbocycles. The molecule has 1 amide bonds. The zero-order chi connectivity index (χ0) is 17.0. The van der Waals surface area contributed by atoms with E-state index in [4.69, 9.17) is 0 Å². The number of aliphatic hydroxyl groups is 1. The number of halogens is 2. The summed E-state index contributed by atoms with van der Waals surface area (Å²) in [5, 5.41) is 12.6. The second-order valence-corrected chi connectivity index (χ2v) is 5.88. The van der Waals surface area contributed by atoms with Crippen LogP contribution in [0.3, 0.4) is 0 Å². The van der Waals surface area contributed by atoms with Crippen LogP contribution in [-0.4, -0.2) is 17.6 Å². The van der Waals surface area contributed by atoms with Gasteiger partial charge in [-0.1, -0.05) is 30.3 Å². The molecule has 0 spiro atoms. The van der Waals surface area contributed by atoms with Crippen LogP contribution >= 0.6 is 0 Å². The Morgan fingerprint density at radius 3 is 2.52 bits per heavy atom. The quantitative estimate of drug-likeness (QED) is 0.890. The van der Waals surface area contributed by atoms with Gasteiger partial charge in [0.1, 0.15) is 11.6 Å². The molecule has 0 heterocycles. The Kier molecular flexibility index (Phi) is 5.11. The van der Waals surface area contributed by atoms with Crippen LogP contribution in [0.1, 0.15) is 31.1 Å². The summed E-state index contributed by atoms with van der Waals surface area (Å²) in [6.45, 7) is 3.19. The fourth-order valence-electron chi connectivity index (χ4n) is 2.27. The molecule has 3 nitrogen and oxygen atoms in total. The average molecular weight is 319 g/mol. The zero-order valence-electron chi connectivity index (χ0n) is 13.0. The van der Waals surface area contributed by atoms with Crippen molar-refractivity contribution < 1.29 is 18.7 Å². The van der Waals surface area contributed by atoms with E-state index in [2.05, 4.69) is 5.32 Å². The Hall–Kier alpha value is -2.27. The molecule has 0 bridgehead atoms. The Balaban J connectivity index is 2.05. The van der Waals surface area contributed by atoms with Gasteiger partial charge in [0.15, 0.2) is 0 Å². The van der Waals surface area contributed by atoms with Gasteiger partial charge < -0.3 is 10.4 Å². The number of rotatable bonds is 5. The molecule has 23 heavy (non-hydrogen) atoms. The number of hydrogen-bond donors (Lipinski definition) is 2. The Morgan fingerprint density at radius 1 is 1.17 bits per heavy atom. The fourth-order valence-corrected chi connectivity index (χ4v) is 2.27. The summed E-state index contributed by atoms with van der Waals surface area (Å²) in [6.07, 6.45) is -1.15. The highest BCUT2D eigenvalue weighted by atomic mass is 19.1.